The summed E-state index contributed by atoms with van der Waals surface area (Å²) in [4.78, 5) is 11.6. The lowest BCUT2D eigenvalue weighted by Crippen LogP contribution is -3.13. The maximum absolute atomic E-state index is 13.3. The van der Waals surface area contributed by atoms with Gasteiger partial charge in [0.05, 0.1) is 25.0 Å². The molecule has 130 valence electrons. The topological polar surface area (TPSA) is 42.2 Å². The van der Waals surface area contributed by atoms with Crippen molar-refractivity contribution in [2.75, 3.05) is 25.0 Å². The number of anilines is 1. The Kier molecular flexibility index (Phi) is 4.63. The summed E-state index contributed by atoms with van der Waals surface area (Å²) in [6.07, 6.45) is 3.94. The molecule has 0 radical (unpaired) electrons. The summed E-state index contributed by atoms with van der Waals surface area (Å²) < 4.78 is 13.3. The van der Waals surface area contributed by atoms with Gasteiger partial charge < -0.3 is 10.2 Å². The summed E-state index contributed by atoms with van der Waals surface area (Å²) in [6, 6.07) is 7.08. The minimum atomic E-state index is -0.219. The quantitative estimate of drug-likeness (QED) is 0.754. The summed E-state index contributed by atoms with van der Waals surface area (Å²) in [7, 11) is 0. The Morgan fingerprint density at radius 2 is 1.96 bits per heavy atom. The number of aromatic nitrogens is 2. The number of benzene rings is 1. The smallest absolute Gasteiger partial charge is 0.139 e. The standard InChI is InChI=1S/C19H21FN4S/c1-2-24-9-7-15(8-10-24)23-18-17-16(11-25-19(17)22-12-21-18)13-3-5-14(20)6-4-13/h3-6,11-12,15H,2,7-10H2,1H3,(H,21,22,23)/p+1. The Hall–Kier alpha value is -2.05. The second-order valence-electron chi connectivity index (χ2n) is 6.58. The van der Waals surface area contributed by atoms with Crippen LogP contribution in [0.5, 0.6) is 0 Å². The third kappa shape index (κ3) is 3.37. The van der Waals surface area contributed by atoms with E-state index in [1.54, 1.807) is 22.6 Å². The number of hydrogen-bond acceptors (Lipinski definition) is 4. The molecule has 6 heteroatoms. The van der Waals surface area contributed by atoms with Crippen molar-refractivity contribution < 1.29 is 9.29 Å². The molecule has 0 bridgehead atoms. The molecule has 4 rings (SSSR count). The van der Waals surface area contributed by atoms with Crippen LogP contribution >= 0.6 is 11.3 Å². The normalized spacial score (nSPS) is 20.7. The molecule has 4 nitrogen and oxygen atoms in total. The van der Waals surface area contributed by atoms with Gasteiger partial charge in [-0.3, -0.25) is 0 Å². The van der Waals surface area contributed by atoms with Crippen LogP contribution in [0.1, 0.15) is 19.8 Å². The molecule has 1 saturated heterocycles. The van der Waals surface area contributed by atoms with E-state index in [0.717, 1.165) is 40.0 Å². The highest BCUT2D eigenvalue weighted by atomic mass is 32.1. The molecular weight excluding hydrogens is 335 g/mol. The third-order valence-corrected chi connectivity index (χ3v) is 5.95. The highest BCUT2D eigenvalue weighted by molar-refractivity contribution is 7.17. The van der Waals surface area contributed by atoms with Gasteiger partial charge in [-0.15, -0.1) is 11.3 Å². The number of piperidine rings is 1. The van der Waals surface area contributed by atoms with Crippen molar-refractivity contribution in [3.05, 3.63) is 41.8 Å². The zero-order valence-electron chi connectivity index (χ0n) is 14.3. The van der Waals surface area contributed by atoms with Crippen molar-refractivity contribution in [3.63, 3.8) is 0 Å². The molecule has 0 unspecified atom stereocenters. The van der Waals surface area contributed by atoms with E-state index in [1.165, 1.54) is 31.8 Å². The fourth-order valence-electron chi connectivity index (χ4n) is 3.54. The van der Waals surface area contributed by atoms with Crippen molar-refractivity contribution in [2.45, 2.75) is 25.8 Å². The first-order chi connectivity index (χ1) is 12.2. The van der Waals surface area contributed by atoms with E-state index in [0.29, 0.717) is 6.04 Å². The Bertz CT molecular complexity index is 853. The summed E-state index contributed by atoms with van der Waals surface area (Å²) >= 11 is 1.60. The van der Waals surface area contributed by atoms with Gasteiger partial charge in [-0.05, 0) is 24.6 Å². The molecule has 0 atom stereocenters. The number of halogens is 1. The molecule has 0 spiro atoms. The number of fused-ring (bicyclic) bond motifs is 1. The molecular formula is C19H22FN4S+. The van der Waals surface area contributed by atoms with E-state index < -0.39 is 0 Å². The number of likely N-dealkylation sites (tertiary alicyclic amines) is 1. The van der Waals surface area contributed by atoms with Gasteiger partial charge >= 0.3 is 0 Å². The zero-order chi connectivity index (χ0) is 17.2. The summed E-state index contributed by atoms with van der Waals surface area (Å²) in [5.41, 5.74) is 2.07. The first-order valence-electron chi connectivity index (χ1n) is 8.83. The van der Waals surface area contributed by atoms with Crippen LogP contribution in [-0.4, -0.2) is 35.6 Å². The van der Waals surface area contributed by atoms with Gasteiger partial charge in [0.2, 0.25) is 0 Å². The van der Waals surface area contributed by atoms with Gasteiger partial charge in [0.25, 0.3) is 0 Å². The van der Waals surface area contributed by atoms with E-state index in [-0.39, 0.29) is 5.82 Å². The number of thiophene rings is 1. The predicted molar refractivity (Wildman–Crippen MR) is 101 cm³/mol. The summed E-state index contributed by atoms with van der Waals surface area (Å²) in [6.45, 7) is 5.86. The minimum absolute atomic E-state index is 0.219. The monoisotopic (exact) mass is 357 g/mol. The number of hydrogen-bond donors (Lipinski definition) is 2. The SMILES string of the molecule is CC[NH+]1CCC(Nc2ncnc3scc(-c4ccc(F)cc4)c23)CC1. The fourth-order valence-corrected chi connectivity index (χ4v) is 4.46. The number of rotatable bonds is 4. The molecule has 0 saturated carbocycles. The highest BCUT2D eigenvalue weighted by Gasteiger charge is 2.22. The highest BCUT2D eigenvalue weighted by Crippen LogP contribution is 2.36. The number of nitrogens with zero attached hydrogens (tertiary/aromatic N) is 2. The maximum Gasteiger partial charge on any atom is 0.139 e. The lowest BCUT2D eigenvalue weighted by atomic mass is 10.0. The van der Waals surface area contributed by atoms with Crippen LogP contribution in [0.4, 0.5) is 10.2 Å². The van der Waals surface area contributed by atoms with Crippen molar-refractivity contribution in [1.29, 1.82) is 0 Å². The first kappa shape index (κ1) is 16.4. The van der Waals surface area contributed by atoms with Crippen LogP contribution in [0.3, 0.4) is 0 Å². The Morgan fingerprint density at radius 1 is 1.20 bits per heavy atom. The van der Waals surface area contributed by atoms with E-state index in [1.807, 2.05) is 12.1 Å². The van der Waals surface area contributed by atoms with Gasteiger partial charge in [0.15, 0.2) is 0 Å². The van der Waals surface area contributed by atoms with Crippen LogP contribution in [0.15, 0.2) is 36.0 Å². The lowest BCUT2D eigenvalue weighted by Gasteiger charge is -2.29. The number of quaternary nitrogens is 1. The van der Waals surface area contributed by atoms with Crippen LogP contribution in [0, 0.1) is 5.82 Å². The van der Waals surface area contributed by atoms with Crippen molar-refractivity contribution in [2.24, 2.45) is 0 Å². The average molecular weight is 357 g/mol. The second kappa shape index (κ2) is 7.06. The molecule has 1 aromatic carbocycles. The van der Waals surface area contributed by atoms with Crippen molar-refractivity contribution in [1.82, 2.24) is 9.97 Å². The maximum atomic E-state index is 13.3. The molecule has 0 amide bonds. The van der Waals surface area contributed by atoms with E-state index in [2.05, 4.69) is 27.6 Å². The molecule has 1 aliphatic heterocycles. The van der Waals surface area contributed by atoms with Gasteiger partial charge in [0.1, 0.15) is 22.8 Å². The predicted octanol–water partition coefficient (Wildman–Crippen LogP) is 2.98. The van der Waals surface area contributed by atoms with Crippen LogP contribution in [0.25, 0.3) is 21.3 Å². The van der Waals surface area contributed by atoms with Crippen LogP contribution in [0.2, 0.25) is 0 Å². The average Bonchev–Trinajstić information content (AvgIpc) is 3.08. The molecule has 1 fully saturated rings. The largest absolute Gasteiger partial charge is 0.366 e. The molecule has 3 heterocycles. The van der Waals surface area contributed by atoms with Gasteiger partial charge in [-0.1, -0.05) is 12.1 Å². The Labute approximate surface area is 150 Å². The van der Waals surface area contributed by atoms with Gasteiger partial charge in [-0.25, -0.2) is 14.4 Å². The van der Waals surface area contributed by atoms with Crippen molar-refractivity contribution in [3.8, 4) is 11.1 Å². The van der Waals surface area contributed by atoms with Crippen LogP contribution in [-0.2, 0) is 0 Å². The second-order valence-corrected chi connectivity index (χ2v) is 7.44. The Morgan fingerprint density at radius 3 is 2.68 bits per heavy atom. The first-order valence-corrected chi connectivity index (χ1v) is 9.71. The zero-order valence-corrected chi connectivity index (χ0v) is 15.1. The third-order valence-electron chi connectivity index (χ3n) is 5.06. The van der Waals surface area contributed by atoms with Gasteiger partial charge in [-0.2, -0.15) is 0 Å². The summed E-state index contributed by atoms with van der Waals surface area (Å²) in [5, 5.41) is 6.77. The molecule has 1 aliphatic rings. The Balaban J connectivity index is 1.65. The summed E-state index contributed by atoms with van der Waals surface area (Å²) in [5.74, 6) is 0.679. The molecule has 2 aromatic heterocycles. The van der Waals surface area contributed by atoms with Crippen LogP contribution < -0.4 is 10.2 Å². The van der Waals surface area contributed by atoms with Gasteiger partial charge in [0, 0.05) is 29.8 Å². The molecule has 3 aromatic rings. The lowest BCUT2D eigenvalue weighted by molar-refractivity contribution is -0.903. The van der Waals surface area contributed by atoms with E-state index in [9.17, 15) is 4.39 Å². The fraction of sp³-hybridized carbons (Fsp3) is 0.368. The van der Waals surface area contributed by atoms with E-state index >= 15 is 0 Å². The molecule has 0 aliphatic carbocycles. The van der Waals surface area contributed by atoms with E-state index in [4.69, 9.17) is 0 Å². The molecule has 2 N–H and O–H groups in total. The minimum Gasteiger partial charge on any atom is -0.366 e. The molecule has 25 heavy (non-hydrogen) atoms. The van der Waals surface area contributed by atoms with Crippen molar-refractivity contribution >= 4 is 27.4 Å². The number of nitrogens with one attached hydrogen (secondary N) is 2.